The first kappa shape index (κ1) is 25.1. The molecule has 0 bridgehead atoms. The van der Waals surface area contributed by atoms with Gasteiger partial charge >= 0.3 is 6.03 Å². The number of halogens is 2. The van der Waals surface area contributed by atoms with E-state index in [0.717, 1.165) is 29.0 Å². The Morgan fingerprint density at radius 2 is 1.29 bits per heavy atom. The highest BCUT2D eigenvalue weighted by Gasteiger charge is 2.43. The van der Waals surface area contributed by atoms with E-state index < -0.39 is 17.8 Å². The summed E-state index contributed by atoms with van der Waals surface area (Å²) in [5.41, 5.74) is 0.0674. The second kappa shape index (κ2) is 11.0. The number of rotatable bonds is 7. The van der Waals surface area contributed by atoms with E-state index in [1.54, 1.807) is 12.3 Å². The molecule has 34 heavy (non-hydrogen) atoms. The number of urea groups is 1. The fourth-order valence-corrected chi connectivity index (χ4v) is 3.51. The molecule has 3 rings (SSSR count). The van der Waals surface area contributed by atoms with Crippen molar-refractivity contribution < 1.29 is 19.5 Å². The maximum Gasteiger partial charge on any atom is 0.343 e. The number of carbonyl (C=O) groups excluding carboxylic acids is 3. The first-order valence-electron chi connectivity index (χ1n) is 10.5. The molecule has 2 aromatic carbocycles. The van der Waals surface area contributed by atoms with E-state index in [-0.39, 0.29) is 22.7 Å². The summed E-state index contributed by atoms with van der Waals surface area (Å²) in [6.07, 6.45) is 5.80. The Balaban J connectivity index is 2.06. The average Bonchev–Trinajstić information content (AvgIpc) is 2.82. The number of hydrogen-bond acceptors (Lipinski definition) is 5. The first-order valence-corrected chi connectivity index (χ1v) is 11.3. The Morgan fingerprint density at radius 3 is 1.71 bits per heavy atom. The van der Waals surface area contributed by atoms with E-state index in [0.29, 0.717) is 10.0 Å². The summed E-state index contributed by atoms with van der Waals surface area (Å²) >= 11 is 11.9. The van der Waals surface area contributed by atoms with Crippen molar-refractivity contribution in [3.05, 3.63) is 94.3 Å². The van der Waals surface area contributed by atoms with Crippen molar-refractivity contribution in [1.29, 1.82) is 0 Å². The number of amides is 4. The van der Waals surface area contributed by atoms with E-state index in [9.17, 15) is 19.5 Å². The van der Waals surface area contributed by atoms with E-state index in [2.05, 4.69) is 0 Å². The maximum absolute atomic E-state index is 13.3. The van der Waals surface area contributed by atoms with Crippen LogP contribution in [0.25, 0.3) is 0 Å². The normalized spacial score (nSPS) is 14.9. The van der Waals surface area contributed by atoms with Gasteiger partial charge in [0.2, 0.25) is 0 Å². The third-order valence-electron chi connectivity index (χ3n) is 5.09. The molecule has 4 amide bonds. The van der Waals surface area contributed by atoms with Gasteiger partial charge in [0, 0.05) is 23.1 Å². The lowest BCUT2D eigenvalue weighted by atomic mass is 10.1. The number of aliphatic hydroxyl groups is 1. The fraction of sp³-hybridized carbons (Fsp3) is 0.160. The number of allylic oxidation sites excluding steroid dienone is 3. The van der Waals surface area contributed by atoms with Crippen LogP contribution in [0.1, 0.15) is 13.8 Å². The topological polar surface area (TPSA) is 81.2 Å². The van der Waals surface area contributed by atoms with Crippen molar-refractivity contribution in [3.63, 3.8) is 0 Å². The molecule has 9 heteroatoms. The molecule has 1 aliphatic heterocycles. The van der Waals surface area contributed by atoms with Crippen LogP contribution in [0.3, 0.4) is 0 Å². The van der Waals surface area contributed by atoms with Crippen molar-refractivity contribution in [3.8, 4) is 0 Å². The minimum Gasteiger partial charge on any atom is -0.508 e. The second-order valence-electron chi connectivity index (χ2n) is 7.23. The molecule has 0 saturated carbocycles. The largest absolute Gasteiger partial charge is 0.508 e. The molecule has 0 aliphatic carbocycles. The summed E-state index contributed by atoms with van der Waals surface area (Å²) in [5.74, 6) is -2.05. The van der Waals surface area contributed by atoms with Gasteiger partial charge in [-0.05, 0) is 86.8 Å². The number of carbonyl (C=O) groups is 3. The van der Waals surface area contributed by atoms with Gasteiger partial charge in [0.1, 0.15) is 11.3 Å². The Hall–Kier alpha value is -3.55. The molecule has 0 unspecified atom stereocenters. The van der Waals surface area contributed by atoms with Gasteiger partial charge in [0.05, 0.1) is 11.4 Å². The molecular weight excluding hydrogens is 477 g/mol. The lowest BCUT2D eigenvalue weighted by molar-refractivity contribution is -0.121. The van der Waals surface area contributed by atoms with E-state index >= 15 is 0 Å². The third kappa shape index (κ3) is 5.50. The van der Waals surface area contributed by atoms with Crippen LogP contribution in [0.4, 0.5) is 16.2 Å². The van der Waals surface area contributed by atoms with E-state index in [4.69, 9.17) is 23.2 Å². The molecule has 176 valence electrons. The van der Waals surface area contributed by atoms with Crippen molar-refractivity contribution in [2.75, 3.05) is 22.9 Å². The van der Waals surface area contributed by atoms with Gasteiger partial charge in [0.15, 0.2) is 0 Å². The molecule has 1 saturated heterocycles. The summed E-state index contributed by atoms with van der Waals surface area (Å²) in [5, 5.41) is 11.2. The molecule has 0 atom stereocenters. The summed E-state index contributed by atoms with van der Waals surface area (Å²) < 4.78 is 0. The van der Waals surface area contributed by atoms with Crippen LogP contribution in [0.5, 0.6) is 0 Å². The predicted molar refractivity (Wildman–Crippen MR) is 134 cm³/mol. The highest BCUT2D eigenvalue weighted by molar-refractivity contribution is 6.45. The summed E-state index contributed by atoms with van der Waals surface area (Å²) in [7, 11) is 0. The van der Waals surface area contributed by atoms with Crippen LogP contribution in [0.2, 0.25) is 10.0 Å². The molecular formula is C25H23Cl2N3O4. The van der Waals surface area contributed by atoms with Gasteiger partial charge in [-0.1, -0.05) is 23.2 Å². The molecule has 2 aromatic rings. The summed E-state index contributed by atoms with van der Waals surface area (Å²) in [6.45, 7) is 5.56. The summed E-state index contributed by atoms with van der Waals surface area (Å²) in [6, 6.07) is 11.2. The first-order chi connectivity index (χ1) is 16.3. The van der Waals surface area contributed by atoms with Crippen molar-refractivity contribution in [1.82, 2.24) is 4.90 Å². The van der Waals surface area contributed by atoms with E-state index in [1.807, 2.05) is 18.7 Å². The zero-order valence-electron chi connectivity index (χ0n) is 18.6. The van der Waals surface area contributed by atoms with Crippen LogP contribution in [-0.4, -0.2) is 40.9 Å². The average molecular weight is 500 g/mol. The molecule has 1 aliphatic rings. The molecule has 1 heterocycles. The van der Waals surface area contributed by atoms with Crippen LogP contribution in [0, 0.1) is 0 Å². The van der Waals surface area contributed by atoms with E-state index in [1.165, 1.54) is 54.6 Å². The van der Waals surface area contributed by atoms with Crippen LogP contribution in [0.15, 0.2) is 84.3 Å². The SMILES string of the molecule is CCN(/C=C/C=C(\O)C=C1C(=O)N(c2ccc(Cl)cc2)C(=O)N(c2ccc(Cl)cc2)C1=O)CC. The predicted octanol–water partition coefficient (Wildman–Crippen LogP) is 5.72. The van der Waals surface area contributed by atoms with Gasteiger partial charge in [0.25, 0.3) is 11.8 Å². The highest BCUT2D eigenvalue weighted by atomic mass is 35.5. The smallest absolute Gasteiger partial charge is 0.343 e. The van der Waals surface area contributed by atoms with Crippen LogP contribution >= 0.6 is 23.2 Å². The van der Waals surface area contributed by atoms with Gasteiger partial charge in [-0.3, -0.25) is 9.59 Å². The Labute approximate surface area is 207 Å². The highest BCUT2D eigenvalue weighted by Crippen LogP contribution is 2.30. The van der Waals surface area contributed by atoms with Crippen molar-refractivity contribution >= 4 is 52.4 Å². The number of imide groups is 2. The van der Waals surface area contributed by atoms with Gasteiger partial charge < -0.3 is 10.0 Å². The molecule has 1 fully saturated rings. The Bertz CT molecular complexity index is 1100. The Kier molecular flexibility index (Phi) is 8.15. The second-order valence-corrected chi connectivity index (χ2v) is 8.10. The van der Waals surface area contributed by atoms with Crippen LogP contribution in [-0.2, 0) is 9.59 Å². The number of hydrogen-bond donors (Lipinski definition) is 1. The molecule has 1 N–H and O–H groups in total. The minimum absolute atomic E-state index is 0.224. The lowest BCUT2D eigenvalue weighted by Crippen LogP contribution is -2.57. The van der Waals surface area contributed by atoms with Gasteiger partial charge in [-0.15, -0.1) is 0 Å². The third-order valence-corrected chi connectivity index (χ3v) is 5.59. The summed E-state index contributed by atoms with van der Waals surface area (Å²) in [4.78, 5) is 43.5. The molecule has 0 aromatic heterocycles. The molecule has 0 radical (unpaired) electrons. The zero-order valence-corrected chi connectivity index (χ0v) is 20.1. The van der Waals surface area contributed by atoms with Gasteiger partial charge in [-0.25, -0.2) is 14.6 Å². The van der Waals surface area contributed by atoms with Crippen molar-refractivity contribution in [2.45, 2.75) is 13.8 Å². The lowest BCUT2D eigenvalue weighted by Gasteiger charge is -2.33. The molecule has 0 spiro atoms. The fourth-order valence-electron chi connectivity index (χ4n) is 3.26. The standard InChI is InChI=1S/C25H23Cl2N3O4/c1-3-28(4-2)15-5-6-21(31)16-22-23(32)29(19-11-7-17(26)8-12-19)25(34)30(24(22)33)20-13-9-18(27)10-14-20/h5-16,31H,3-4H2,1-2H3/b15-5+,21-6-. The van der Waals surface area contributed by atoms with Gasteiger partial charge in [-0.2, -0.15) is 0 Å². The van der Waals surface area contributed by atoms with Crippen molar-refractivity contribution in [2.24, 2.45) is 0 Å². The van der Waals surface area contributed by atoms with Crippen LogP contribution < -0.4 is 9.80 Å². The quantitative estimate of drug-likeness (QED) is 0.228. The number of aliphatic hydroxyl groups excluding tert-OH is 1. The number of anilines is 2. The minimum atomic E-state index is -0.866. The number of benzene rings is 2. The zero-order chi connectivity index (χ0) is 24.8. The maximum atomic E-state index is 13.3. The molecule has 7 nitrogen and oxygen atoms in total. The Morgan fingerprint density at radius 1 is 0.853 bits per heavy atom. The number of nitrogens with zero attached hydrogens (tertiary/aromatic N) is 3. The monoisotopic (exact) mass is 499 g/mol. The number of barbiturate groups is 1.